The maximum Gasteiger partial charge on any atom is 0.275 e. The van der Waals surface area contributed by atoms with Crippen molar-refractivity contribution in [2.75, 3.05) is 7.11 Å². The van der Waals surface area contributed by atoms with Crippen molar-refractivity contribution in [3.63, 3.8) is 0 Å². The zero-order valence-electron chi connectivity index (χ0n) is 11.4. The monoisotopic (exact) mass is 258 g/mol. The molecule has 0 radical (unpaired) electrons. The van der Waals surface area contributed by atoms with Gasteiger partial charge >= 0.3 is 0 Å². The van der Waals surface area contributed by atoms with E-state index in [1.54, 1.807) is 13.2 Å². The summed E-state index contributed by atoms with van der Waals surface area (Å²) >= 11 is 0. The molecule has 0 unspecified atom stereocenters. The van der Waals surface area contributed by atoms with E-state index in [0.29, 0.717) is 11.6 Å². The van der Waals surface area contributed by atoms with E-state index in [-0.39, 0.29) is 5.91 Å². The average Bonchev–Trinajstić information content (AvgIpc) is 2.69. The van der Waals surface area contributed by atoms with Crippen LogP contribution in [-0.4, -0.2) is 18.9 Å². The van der Waals surface area contributed by atoms with Crippen LogP contribution in [0.3, 0.4) is 0 Å². The number of ether oxygens (including phenoxy) is 1. The molecule has 1 aromatic rings. The number of benzene rings is 1. The summed E-state index contributed by atoms with van der Waals surface area (Å²) in [5.41, 5.74) is 1.28. The van der Waals surface area contributed by atoms with Gasteiger partial charge in [0, 0.05) is 12.0 Å². The number of aliphatic imine (C=N–C) groups is 1. The highest BCUT2D eigenvalue weighted by Gasteiger charge is 2.20. The molecule has 0 aromatic heterocycles. The minimum Gasteiger partial charge on any atom is -0.496 e. The summed E-state index contributed by atoms with van der Waals surface area (Å²) < 4.78 is 5.26. The van der Waals surface area contributed by atoms with Crippen molar-refractivity contribution in [2.24, 2.45) is 10.9 Å². The first kappa shape index (κ1) is 13.3. The van der Waals surface area contributed by atoms with Crippen LogP contribution in [-0.2, 0) is 4.79 Å². The van der Waals surface area contributed by atoms with Crippen molar-refractivity contribution in [1.82, 2.24) is 5.32 Å². The Balaban J connectivity index is 2.28. The van der Waals surface area contributed by atoms with Crippen LogP contribution in [0.4, 0.5) is 0 Å². The van der Waals surface area contributed by atoms with Crippen LogP contribution >= 0.6 is 0 Å². The Morgan fingerprint density at radius 3 is 2.79 bits per heavy atom. The van der Waals surface area contributed by atoms with Crippen LogP contribution in [0.15, 0.2) is 35.0 Å². The first-order valence-electron chi connectivity index (χ1n) is 6.33. The SMILES string of the molecule is COc1ccccc1/C=C1/N=C(CC(C)C)NC1=O. The van der Waals surface area contributed by atoms with Crippen LogP contribution in [0, 0.1) is 5.92 Å². The maximum atomic E-state index is 11.8. The number of carbonyl (C=O) groups is 1. The molecule has 1 heterocycles. The lowest BCUT2D eigenvalue weighted by Gasteiger charge is -2.03. The molecule has 0 saturated heterocycles. The molecule has 1 aliphatic heterocycles. The zero-order valence-corrected chi connectivity index (χ0v) is 11.4. The molecule has 0 aliphatic carbocycles. The first-order valence-corrected chi connectivity index (χ1v) is 6.33. The van der Waals surface area contributed by atoms with Gasteiger partial charge in [-0.05, 0) is 18.1 Å². The fraction of sp³-hybridized carbons (Fsp3) is 0.333. The Bertz CT molecular complexity index is 545. The second-order valence-electron chi connectivity index (χ2n) is 4.88. The Morgan fingerprint density at radius 2 is 2.11 bits per heavy atom. The lowest BCUT2D eigenvalue weighted by molar-refractivity contribution is -0.115. The van der Waals surface area contributed by atoms with Crippen molar-refractivity contribution >= 4 is 17.8 Å². The summed E-state index contributed by atoms with van der Waals surface area (Å²) in [5, 5.41) is 2.79. The van der Waals surface area contributed by atoms with Gasteiger partial charge in [-0.3, -0.25) is 4.79 Å². The number of nitrogens with zero attached hydrogens (tertiary/aromatic N) is 1. The fourth-order valence-electron chi connectivity index (χ4n) is 1.93. The van der Waals surface area contributed by atoms with Crippen LogP contribution in [0.5, 0.6) is 5.75 Å². The highest BCUT2D eigenvalue weighted by molar-refractivity contribution is 6.14. The molecule has 1 amide bonds. The lowest BCUT2D eigenvalue weighted by Crippen LogP contribution is -2.24. The molecule has 4 heteroatoms. The number of nitrogens with one attached hydrogen (secondary N) is 1. The summed E-state index contributed by atoms with van der Waals surface area (Å²) in [5.74, 6) is 1.78. The second kappa shape index (κ2) is 5.69. The number of rotatable bonds is 4. The van der Waals surface area contributed by atoms with Crippen LogP contribution in [0.2, 0.25) is 0 Å². The van der Waals surface area contributed by atoms with E-state index in [1.807, 2.05) is 24.3 Å². The van der Waals surface area contributed by atoms with E-state index < -0.39 is 0 Å². The van der Waals surface area contributed by atoms with E-state index in [9.17, 15) is 4.79 Å². The van der Waals surface area contributed by atoms with E-state index in [4.69, 9.17) is 4.74 Å². The third-order valence-corrected chi connectivity index (χ3v) is 2.78. The highest BCUT2D eigenvalue weighted by Crippen LogP contribution is 2.22. The Labute approximate surface area is 113 Å². The standard InChI is InChI=1S/C15H18N2O2/c1-10(2)8-14-16-12(15(18)17-14)9-11-6-4-5-7-13(11)19-3/h4-7,9-10H,8H2,1-3H3,(H,16,17,18)/b12-9+. The van der Waals surface area contributed by atoms with Gasteiger partial charge in [0.05, 0.1) is 7.11 Å². The second-order valence-corrected chi connectivity index (χ2v) is 4.88. The molecule has 0 fully saturated rings. The van der Waals surface area contributed by atoms with E-state index >= 15 is 0 Å². The third kappa shape index (κ3) is 3.22. The van der Waals surface area contributed by atoms with Gasteiger partial charge in [-0.25, -0.2) is 4.99 Å². The number of amides is 1. The molecule has 1 aromatic carbocycles. The minimum absolute atomic E-state index is 0.151. The number of para-hydroxylation sites is 1. The average molecular weight is 258 g/mol. The van der Waals surface area contributed by atoms with Gasteiger partial charge in [-0.2, -0.15) is 0 Å². The number of hydrogen-bond acceptors (Lipinski definition) is 3. The fourth-order valence-corrected chi connectivity index (χ4v) is 1.93. The Kier molecular flexibility index (Phi) is 4.00. The number of carbonyl (C=O) groups excluding carboxylic acids is 1. The van der Waals surface area contributed by atoms with Crippen LogP contribution < -0.4 is 10.1 Å². The molecule has 0 bridgehead atoms. The maximum absolute atomic E-state index is 11.8. The Morgan fingerprint density at radius 1 is 1.37 bits per heavy atom. The summed E-state index contributed by atoms with van der Waals surface area (Å²) in [6, 6.07) is 7.55. The Hall–Kier alpha value is -2.10. The highest BCUT2D eigenvalue weighted by atomic mass is 16.5. The smallest absolute Gasteiger partial charge is 0.275 e. The van der Waals surface area contributed by atoms with Crippen LogP contribution in [0.1, 0.15) is 25.8 Å². The summed E-state index contributed by atoms with van der Waals surface area (Å²) in [7, 11) is 1.61. The summed E-state index contributed by atoms with van der Waals surface area (Å²) in [6.07, 6.45) is 2.52. The minimum atomic E-state index is -0.151. The van der Waals surface area contributed by atoms with Crippen molar-refractivity contribution < 1.29 is 9.53 Å². The van der Waals surface area contributed by atoms with Gasteiger partial charge in [-0.1, -0.05) is 32.0 Å². The van der Waals surface area contributed by atoms with Crippen molar-refractivity contribution in [3.05, 3.63) is 35.5 Å². The predicted octanol–water partition coefficient (Wildman–Crippen LogP) is 2.61. The van der Waals surface area contributed by atoms with Gasteiger partial charge in [0.1, 0.15) is 17.3 Å². The summed E-state index contributed by atoms with van der Waals surface area (Å²) in [6.45, 7) is 4.19. The molecule has 2 rings (SSSR count). The van der Waals surface area contributed by atoms with Gasteiger partial charge in [0.15, 0.2) is 0 Å². The van der Waals surface area contributed by atoms with Crippen molar-refractivity contribution in [3.8, 4) is 5.75 Å². The molecule has 100 valence electrons. The number of amidine groups is 1. The van der Waals surface area contributed by atoms with Gasteiger partial charge in [0.2, 0.25) is 0 Å². The molecule has 4 nitrogen and oxygen atoms in total. The lowest BCUT2D eigenvalue weighted by atomic mass is 10.1. The van der Waals surface area contributed by atoms with E-state index in [2.05, 4.69) is 24.2 Å². The topological polar surface area (TPSA) is 50.7 Å². The van der Waals surface area contributed by atoms with Gasteiger partial charge < -0.3 is 10.1 Å². The van der Waals surface area contributed by atoms with Gasteiger partial charge in [0.25, 0.3) is 5.91 Å². The predicted molar refractivity (Wildman–Crippen MR) is 76.0 cm³/mol. The molecular formula is C15H18N2O2. The third-order valence-electron chi connectivity index (χ3n) is 2.78. The van der Waals surface area contributed by atoms with E-state index in [1.165, 1.54) is 0 Å². The molecule has 19 heavy (non-hydrogen) atoms. The largest absolute Gasteiger partial charge is 0.496 e. The van der Waals surface area contributed by atoms with Crippen molar-refractivity contribution in [1.29, 1.82) is 0 Å². The zero-order chi connectivity index (χ0) is 13.8. The first-order chi connectivity index (χ1) is 9.10. The molecule has 1 N–H and O–H groups in total. The number of methoxy groups -OCH3 is 1. The quantitative estimate of drug-likeness (QED) is 0.844. The van der Waals surface area contributed by atoms with E-state index in [0.717, 1.165) is 23.6 Å². The molecule has 0 saturated carbocycles. The van der Waals surface area contributed by atoms with Crippen molar-refractivity contribution in [2.45, 2.75) is 20.3 Å². The molecule has 0 atom stereocenters. The number of hydrogen-bond donors (Lipinski definition) is 1. The normalized spacial score (nSPS) is 16.7. The summed E-state index contributed by atoms with van der Waals surface area (Å²) in [4.78, 5) is 16.2. The van der Waals surface area contributed by atoms with Gasteiger partial charge in [-0.15, -0.1) is 0 Å². The van der Waals surface area contributed by atoms with Crippen LogP contribution in [0.25, 0.3) is 6.08 Å². The molecular weight excluding hydrogens is 240 g/mol. The molecule has 1 aliphatic rings. The molecule has 0 spiro atoms.